The zero-order chi connectivity index (χ0) is 11.0. The molecule has 0 unspecified atom stereocenters. The van der Waals surface area contributed by atoms with Crippen molar-refractivity contribution in [3.05, 3.63) is 48.4 Å². The van der Waals surface area contributed by atoms with Crippen LogP contribution in [0.25, 0.3) is 22.3 Å². The van der Waals surface area contributed by atoms with E-state index in [0.29, 0.717) is 0 Å². The number of fused-ring (bicyclic) bond motifs is 1. The van der Waals surface area contributed by atoms with Crippen molar-refractivity contribution < 1.29 is 0 Å². The number of hydrogen-bond acceptors (Lipinski definition) is 2. The SMILES string of the molecule is Cc1nc2c(-c3ccccn3)cccc2[nH]1. The van der Waals surface area contributed by atoms with Crippen LogP contribution in [0.4, 0.5) is 0 Å². The maximum absolute atomic E-state index is 4.49. The molecule has 2 aromatic heterocycles. The molecule has 1 N–H and O–H groups in total. The molecule has 0 fully saturated rings. The van der Waals surface area contributed by atoms with Crippen LogP contribution in [0.5, 0.6) is 0 Å². The van der Waals surface area contributed by atoms with Gasteiger partial charge in [0.05, 0.1) is 16.7 Å². The van der Waals surface area contributed by atoms with Gasteiger partial charge in [-0.2, -0.15) is 0 Å². The predicted octanol–water partition coefficient (Wildman–Crippen LogP) is 2.93. The number of aromatic amines is 1. The number of para-hydroxylation sites is 1. The minimum atomic E-state index is 0.929. The van der Waals surface area contributed by atoms with Crippen LogP contribution in [0.3, 0.4) is 0 Å². The average molecular weight is 209 g/mol. The lowest BCUT2D eigenvalue weighted by Crippen LogP contribution is -1.83. The number of H-pyrrole nitrogens is 1. The van der Waals surface area contributed by atoms with Gasteiger partial charge in [0.15, 0.2) is 0 Å². The molecule has 0 radical (unpaired) electrons. The van der Waals surface area contributed by atoms with E-state index in [1.807, 2.05) is 43.3 Å². The summed E-state index contributed by atoms with van der Waals surface area (Å²) in [4.78, 5) is 12.1. The van der Waals surface area contributed by atoms with Crippen LogP contribution in [0.15, 0.2) is 42.6 Å². The zero-order valence-corrected chi connectivity index (χ0v) is 8.94. The molecule has 3 nitrogen and oxygen atoms in total. The molecular weight excluding hydrogens is 198 g/mol. The van der Waals surface area contributed by atoms with E-state index in [1.54, 1.807) is 6.20 Å². The summed E-state index contributed by atoms with van der Waals surface area (Å²) in [5, 5.41) is 0. The summed E-state index contributed by atoms with van der Waals surface area (Å²) in [5.74, 6) is 0.929. The van der Waals surface area contributed by atoms with E-state index in [4.69, 9.17) is 0 Å². The number of imidazole rings is 1. The van der Waals surface area contributed by atoms with Gasteiger partial charge in [0.2, 0.25) is 0 Å². The van der Waals surface area contributed by atoms with Gasteiger partial charge in [0, 0.05) is 11.8 Å². The molecule has 0 aliphatic carbocycles. The molecule has 3 heteroatoms. The molecule has 0 bridgehead atoms. The van der Waals surface area contributed by atoms with E-state index in [9.17, 15) is 0 Å². The number of nitrogens with one attached hydrogen (secondary N) is 1. The number of pyridine rings is 1. The third-order valence-corrected chi connectivity index (χ3v) is 2.57. The fourth-order valence-corrected chi connectivity index (χ4v) is 1.88. The molecule has 0 saturated carbocycles. The summed E-state index contributed by atoms with van der Waals surface area (Å²) in [6, 6.07) is 12.0. The number of nitrogens with zero attached hydrogens (tertiary/aromatic N) is 2. The maximum atomic E-state index is 4.49. The lowest BCUT2D eigenvalue weighted by atomic mass is 10.1. The lowest BCUT2D eigenvalue weighted by molar-refractivity contribution is 1.17. The summed E-state index contributed by atoms with van der Waals surface area (Å²) in [6.45, 7) is 1.96. The number of benzene rings is 1. The van der Waals surface area contributed by atoms with Crippen LogP contribution < -0.4 is 0 Å². The molecule has 0 spiro atoms. The summed E-state index contributed by atoms with van der Waals surface area (Å²) in [6.07, 6.45) is 1.80. The highest BCUT2D eigenvalue weighted by molar-refractivity contribution is 5.90. The fraction of sp³-hybridized carbons (Fsp3) is 0.0769. The van der Waals surface area contributed by atoms with E-state index >= 15 is 0 Å². The number of hydrogen-bond donors (Lipinski definition) is 1. The molecule has 0 atom stereocenters. The summed E-state index contributed by atoms with van der Waals surface area (Å²) in [7, 11) is 0. The van der Waals surface area contributed by atoms with Gasteiger partial charge in [-0.25, -0.2) is 4.98 Å². The first-order valence-corrected chi connectivity index (χ1v) is 5.21. The third kappa shape index (κ3) is 1.37. The molecule has 16 heavy (non-hydrogen) atoms. The predicted molar refractivity (Wildman–Crippen MR) is 64.1 cm³/mol. The van der Waals surface area contributed by atoms with E-state index in [2.05, 4.69) is 15.0 Å². The van der Waals surface area contributed by atoms with Gasteiger partial charge in [-0.05, 0) is 25.1 Å². The van der Waals surface area contributed by atoms with Gasteiger partial charge in [0.1, 0.15) is 5.82 Å². The minimum absolute atomic E-state index is 0.929. The van der Waals surface area contributed by atoms with Crippen molar-refractivity contribution in [3.8, 4) is 11.3 Å². The second kappa shape index (κ2) is 3.45. The maximum Gasteiger partial charge on any atom is 0.104 e. The Bertz CT molecular complexity index is 626. The van der Waals surface area contributed by atoms with E-state index in [0.717, 1.165) is 28.1 Å². The zero-order valence-electron chi connectivity index (χ0n) is 8.94. The van der Waals surface area contributed by atoms with Gasteiger partial charge in [-0.15, -0.1) is 0 Å². The number of rotatable bonds is 1. The normalized spacial score (nSPS) is 10.8. The summed E-state index contributed by atoms with van der Waals surface area (Å²) < 4.78 is 0. The Labute approximate surface area is 93.2 Å². The van der Waals surface area contributed by atoms with Gasteiger partial charge >= 0.3 is 0 Å². The first-order valence-electron chi connectivity index (χ1n) is 5.21. The first kappa shape index (κ1) is 9.09. The second-order valence-electron chi connectivity index (χ2n) is 3.74. The third-order valence-electron chi connectivity index (χ3n) is 2.57. The Hall–Kier alpha value is -2.16. The molecule has 0 aliphatic rings. The van der Waals surface area contributed by atoms with Crippen molar-refractivity contribution in [2.24, 2.45) is 0 Å². The van der Waals surface area contributed by atoms with Crippen LogP contribution >= 0.6 is 0 Å². The molecule has 1 aromatic carbocycles. The fourth-order valence-electron chi connectivity index (χ4n) is 1.88. The van der Waals surface area contributed by atoms with Gasteiger partial charge in [-0.3, -0.25) is 4.98 Å². The monoisotopic (exact) mass is 209 g/mol. The highest BCUT2D eigenvalue weighted by Gasteiger charge is 2.07. The molecule has 0 aliphatic heterocycles. The molecule has 3 aromatic rings. The lowest BCUT2D eigenvalue weighted by Gasteiger charge is -2.00. The number of aromatic nitrogens is 3. The summed E-state index contributed by atoms with van der Waals surface area (Å²) in [5.41, 5.74) is 4.07. The minimum Gasteiger partial charge on any atom is -0.342 e. The molecule has 0 amide bonds. The van der Waals surface area contributed by atoms with Crippen LogP contribution in [0, 0.1) is 6.92 Å². The van der Waals surface area contributed by atoms with Crippen LogP contribution in [0.1, 0.15) is 5.82 Å². The van der Waals surface area contributed by atoms with Crippen molar-refractivity contribution in [3.63, 3.8) is 0 Å². The van der Waals surface area contributed by atoms with Gasteiger partial charge in [-0.1, -0.05) is 18.2 Å². The Kier molecular flexibility index (Phi) is 1.96. The van der Waals surface area contributed by atoms with Crippen LogP contribution in [-0.2, 0) is 0 Å². The molecule has 2 heterocycles. The Balaban J connectivity index is 2.31. The van der Waals surface area contributed by atoms with Crippen molar-refractivity contribution in [2.45, 2.75) is 6.92 Å². The van der Waals surface area contributed by atoms with Crippen molar-refractivity contribution in [1.82, 2.24) is 15.0 Å². The Morgan fingerprint density at radius 1 is 1.06 bits per heavy atom. The highest BCUT2D eigenvalue weighted by Crippen LogP contribution is 2.25. The van der Waals surface area contributed by atoms with Crippen LogP contribution in [-0.4, -0.2) is 15.0 Å². The molecular formula is C13H11N3. The van der Waals surface area contributed by atoms with E-state index in [1.165, 1.54) is 0 Å². The largest absolute Gasteiger partial charge is 0.342 e. The smallest absolute Gasteiger partial charge is 0.104 e. The van der Waals surface area contributed by atoms with E-state index < -0.39 is 0 Å². The van der Waals surface area contributed by atoms with Gasteiger partial charge in [0.25, 0.3) is 0 Å². The van der Waals surface area contributed by atoms with Crippen molar-refractivity contribution in [2.75, 3.05) is 0 Å². The summed E-state index contributed by atoms with van der Waals surface area (Å²) >= 11 is 0. The molecule has 78 valence electrons. The van der Waals surface area contributed by atoms with E-state index in [-0.39, 0.29) is 0 Å². The molecule has 3 rings (SSSR count). The Morgan fingerprint density at radius 2 is 2.00 bits per heavy atom. The first-order chi connectivity index (χ1) is 7.84. The van der Waals surface area contributed by atoms with Crippen molar-refractivity contribution in [1.29, 1.82) is 0 Å². The average Bonchev–Trinajstić information content (AvgIpc) is 2.70. The second-order valence-corrected chi connectivity index (χ2v) is 3.74. The van der Waals surface area contributed by atoms with Crippen LogP contribution in [0.2, 0.25) is 0 Å². The topological polar surface area (TPSA) is 41.6 Å². The highest BCUT2D eigenvalue weighted by atomic mass is 14.9. The molecule has 0 saturated heterocycles. The van der Waals surface area contributed by atoms with Crippen molar-refractivity contribution >= 4 is 11.0 Å². The van der Waals surface area contributed by atoms with Gasteiger partial charge < -0.3 is 4.98 Å². The number of aryl methyl sites for hydroxylation is 1. The Morgan fingerprint density at radius 3 is 2.81 bits per heavy atom. The quantitative estimate of drug-likeness (QED) is 0.669. The standard InChI is InChI=1S/C13H11N3/c1-9-15-12-7-4-5-10(13(12)16-9)11-6-2-3-8-14-11/h2-8H,1H3,(H,15,16).